The highest BCUT2D eigenvalue weighted by atomic mass is 32.2. The van der Waals surface area contributed by atoms with Gasteiger partial charge in [0.2, 0.25) is 5.91 Å². The fourth-order valence-corrected chi connectivity index (χ4v) is 3.93. The second-order valence-electron chi connectivity index (χ2n) is 7.72. The van der Waals surface area contributed by atoms with Crippen molar-refractivity contribution in [2.24, 2.45) is 0 Å². The topological polar surface area (TPSA) is 63.2 Å². The highest BCUT2D eigenvalue weighted by Gasteiger charge is 2.34. The lowest BCUT2D eigenvalue weighted by Crippen LogP contribution is -2.44. The number of hydrogen-bond donors (Lipinski definition) is 1. The predicted octanol–water partition coefficient (Wildman–Crippen LogP) is 2.61. The first-order valence-electron chi connectivity index (χ1n) is 8.13. The van der Waals surface area contributed by atoms with E-state index in [2.05, 4.69) is 24.4 Å². The van der Waals surface area contributed by atoms with Gasteiger partial charge in [0.15, 0.2) is 9.84 Å². The van der Waals surface area contributed by atoms with Gasteiger partial charge < -0.3 is 5.32 Å². The van der Waals surface area contributed by atoms with Crippen LogP contribution in [0.25, 0.3) is 0 Å². The Morgan fingerprint density at radius 1 is 1.26 bits per heavy atom. The Bertz CT molecular complexity index is 688. The summed E-state index contributed by atoms with van der Waals surface area (Å²) in [5.74, 6) is -0.863. The largest absolute Gasteiger partial charge is 0.354 e. The number of benzene rings is 1. The lowest BCUT2D eigenvalue weighted by molar-refractivity contribution is -0.118. The summed E-state index contributed by atoms with van der Waals surface area (Å²) >= 11 is 0. The summed E-state index contributed by atoms with van der Waals surface area (Å²) in [6.45, 7) is 7.48. The summed E-state index contributed by atoms with van der Waals surface area (Å²) in [6.07, 6.45) is 3.15. The highest BCUT2D eigenvalue weighted by molar-refractivity contribution is 7.93. The Morgan fingerprint density at radius 3 is 2.57 bits per heavy atom. The van der Waals surface area contributed by atoms with Crippen LogP contribution in [0, 0.1) is 0 Å². The molecule has 4 nitrogen and oxygen atoms in total. The molecule has 1 atom stereocenters. The molecule has 0 aromatic heterocycles. The van der Waals surface area contributed by atoms with Gasteiger partial charge in [0.1, 0.15) is 5.75 Å². The molecule has 0 saturated heterocycles. The molecule has 0 heterocycles. The standard InChI is InChI=1S/C18H27NO3S/c1-17(2,3)23(21,22)12-16(20)19-13-18(4)11-7-9-14-8-5-6-10-15(14)18/h5-6,8,10H,7,9,11-13H2,1-4H3,(H,19,20)/t18-/m0/s1. The summed E-state index contributed by atoms with van der Waals surface area (Å²) in [6, 6.07) is 8.32. The number of hydrogen-bond acceptors (Lipinski definition) is 3. The Morgan fingerprint density at radius 2 is 1.91 bits per heavy atom. The van der Waals surface area contributed by atoms with Crippen LogP contribution in [0.3, 0.4) is 0 Å². The zero-order valence-corrected chi connectivity index (χ0v) is 15.3. The van der Waals surface area contributed by atoms with Gasteiger partial charge in [0, 0.05) is 12.0 Å². The van der Waals surface area contributed by atoms with Crippen molar-refractivity contribution in [1.29, 1.82) is 0 Å². The zero-order valence-electron chi connectivity index (χ0n) is 14.5. The van der Waals surface area contributed by atoms with Crippen molar-refractivity contribution < 1.29 is 13.2 Å². The average Bonchev–Trinajstić information content (AvgIpc) is 2.44. The summed E-state index contributed by atoms with van der Waals surface area (Å²) < 4.78 is 23.4. The Balaban J connectivity index is 2.06. The first kappa shape index (κ1) is 18.0. The van der Waals surface area contributed by atoms with E-state index >= 15 is 0 Å². The summed E-state index contributed by atoms with van der Waals surface area (Å²) in [5, 5.41) is 2.84. The Kier molecular flexibility index (Phi) is 4.90. The van der Waals surface area contributed by atoms with E-state index in [9.17, 15) is 13.2 Å². The molecule has 23 heavy (non-hydrogen) atoms. The van der Waals surface area contributed by atoms with Crippen molar-refractivity contribution in [3.63, 3.8) is 0 Å². The van der Waals surface area contributed by atoms with Crippen LogP contribution in [0.5, 0.6) is 0 Å². The van der Waals surface area contributed by atoms with Crippen molar-refractivity contribution in [2.45, 2.75) is 57.1 Å². The van der Waals surface area contributed by atoms with Crippen LogP contribution >= 0.6 is 0 Å². The molecular formula is C18H27NO3S. The number of aryl methyl sites for hydroxylation is 1. The second kappa shape index (κ2) is 6.27. The number of sulfone groups is 1. The molecule has 128 valence electrons. The fraction of sp³-hybridized carbons (Fsp3) is 0.611. The first-order valence-corrected chi connectivity index (χ1v) is 9.78. The number of nitrogens with one attached hydrogen (secondary N) is 1. The van der Waals surface area contributed by atoms with Gasteiger partial charge in [-0.1, -0.05) is 31.2 Å². The molecular weight excluding hydrogens is 310 g/mol. The molecule has 1 aliphatic rings. The molecule has 0 saturated carbocycles. The van der Waals surface area contributed by atoms with Gasteiger partial charge in [-0.05, 0) is 51.2 Å². The average molecular weight is 337 g/mol. The van der Waals surface area contributed by atoms with Gasteiger partial charge >= 0.3 is 0 Å². The van der Waals surface area contributed by atoms with E-state index in [1.54, 1.807) is 20.8 Å². The third-order valence-corrected chi connectivity index (χ3v) is 7.28. The van der Waals surface area contributed by atoms with Gasteiger partial charge in [-0.15, -0.1) is 0 Å². The van der Waals surface area contributed by atoms with E-state index in [1.165, 1.54) is 11.1 Å². The van der Waals surface area contributed by atoms with Crippen molar-refractivity contribution in [3.05, 3.63) is 35.4 Å². The van der Waals surface area contributed by atoms with E-state index < -0.39 is 26.2 Å². The van der Waals surface area contributed by atoms with Crippen molar-refractivity contribution in [2.75, 3.05) is 12.3 Å². The maximum Gasteiger partial charge on any atom is 0.235 e. The Hall–Kier alpha value is -1.36. The van der Waals surface area contributed by atoms with E-state index in [-0.39, 0.29) is 5.41 Å². The van der Waals surface area contributed by atoms with Crippen LogP contribution in [0.2, 0.25) is 0 Å². The second-order valence-corrected chi connectivity index (χ2v) is 10.5. The molecule has 0 radical (unpaired) electrons. The van der Waals surface area contributed by atoms with Gasteiger partial charge in [-0.2, -0.15) is 0 Å². The summed E-state index contributed by atoms with van der Waals surface area (Å²) in [7, 11) is -3.44. The van der Waals surface area contributed by atoms with E-state index in [0.29, 0.717) is 6.54 Å². The Labute approximate surface area is 139 Å². The molecule has 2 rings (SSSR count). The van der Waals surface area contributed by atoms with Crippen LogP contribution in [-0.2, 0) is 26.5 Å². The number of carbonyl (C=O) groups is 1. The molecule has 1 aliphatic carbocycles. The lowest BCUT2D eigenvalue weighted by Gasteiger charge is -2.36. The van der Waals surface area contributed by atoms with Crippen LogP contribution in [0.1, 0.15) is 51.7 Å². The molecule has 5 heteroatoms. The third-order valence-electron chi connectivity index (χ3n) is 4.77. The predicted molar refractivity (Wildman–Crippen MR) is 93.3 cm³/mol. The fourth-order valence-electron chi connectivity index (χ4n) is 3.05. The minimum absolute atomic E-state index is 0.129. The van der Waals surface area contributed by atoms with Crippen molar-refractivity contribution in [3.8, 4) is 0 Å². The van der Waals surface area contributed by atoms with Gasteiger partial charge in [-0.25, -0.2) is 8.42 Å². The number of carbonyl (C=O) groups excluding carboxylic acids is 1. The smallest absolute Gasteiger partial charge is 0.235 e. The first-order chi connectivity index (χ1) is 10.6. The van der Waals surface area contributed by atoms with E-state index in [4.69, 9.17) is 0 Å². The minimum atomic E-state index is -3.44. The monoisotopic (exact) mass is 337 g/mol. The van der Waals surface area contributed by atoms with Crippen LogP contribution in [-0.4, -0.2) is 31.4 Å². The SMILES string of the molecule is CC(C)(C)S(=O)(=O)CC(=O)NC[C@]1(C)CCCc2ccccc21. The molecule has 0 spiro atoms. The molecule has 1 aromatic rings. The highest BCUT2D eigenvalue weighted by Crippen LogP contribution is 2.36. The molecule has 1 amide bonds. The maximum atomic E-state index is 12.1. The van der Waals surface area contributed by atoms with Crippen LogP contribution in [0.4, 0.5) is 0 Å². The van der Waals surface area contributed by atoms with E-state index in [1.807, 2.05) is 12.1 Å². The molecule has 0 unspecified atom stereocenters. The molecule has 0 aliphatic heterocycles. The number of rotatable bonds is 4. The summed E-state index contributed by atoms with van der Waals surface area (Å²) in [5.41, 5.74) is 2.47. The zero-order chi connectivity index (χ0) is 17.3. The van der Waals surface area contributed by atoms with Crippen LogP contribution < -0.4 is 5.32 Å². The van der Waals surface area contributed by atoms with Gasteiger partial charge in [0.05, 0.1) is 4.75 Å². The lowest BCUT2D eigenvalue weighted by atomic mass is 9.71. The maximum absolute atomic E-state index is 12.1. The normalized spacial score (nSPS) is 21.6. The molecule has 0 fully saturated rings. The minimum Gasteiger partial charge on any atom is -0.354 e. The summed E-state index contributed by atoms with van der Waals surface area (Å²) in [4.78, 5) is 12.1. The number of amides is 1. The quantitative estimate of drug-likeness (QED) is 0.918. The molecule has 0 bridgehead atoms. The van der Waals surface area contributed by atoms with Crippen molar-refractivity contribution in [1.82, 2.24) is 5.32 Å². The third kappa shape index (κ3) is 3.94. The number of fused-ring (bicyclic) bond motifs is 1. The van der Waals surface area contributed by atoms with Crippen LogP contribution in [0.15, 0.2) is 24.3 Å². The molecule has 1 N–H and O–H groups in total. The van der Waals surface area contributed by atoms with Crippen molar-refractivity contribution >= 4 is 15.7 Å². The molecule has 1 aromatic carbocycles. The van der Waals surface area contributed by atoms with Gasteiger partial charge in [-0.3, -0.25) is 4.79 Å². The van der Waals surface area contributed by atoms with E-state index in [0.717, 1.165) is 19.3 Å². The van der Waals surface area contributed by atoms with Gasteiger partial charge in [0.25, 0.3) is 0 Å².